The van der Waals surface area contributed by atoms with Gasteiger partial charge in [0.2, 0.25) is 0 Å². The fraction of sp³-hybridized carbons (Fsp3) is 0.231. The van der Waals surface area contributed by atoms with Crippen molar-refractivity contribution in [1.82, 2.24) is 4.98 Å². The molecule has 0 fully saturated rings. The van der Waals surface area contributed by atoms with Gasteiger partial charge in [0, 0.05) is 15.5 Å². The van der Waals surface area contributed by atoms with Gasteiger partial charge in [0.05, 0.1) is 6.54 Å². The summed E-state index contributed by atoms with van der Waals surface area (Å²) in [4.78, 5) is 19.4. The molecule has 0 N–H and O–H groups in total. The molecule has 2 aromatic heterocycles. The monoisotopic (exact) mass is 338 g/mol. The number of thiophene rings is 1. The van der Waals surface area contributed by atoms with E-state index in [1.165, 1.54) is 0 Å². The van der Waals surface area contributed by atoms with E-state index in [1.807, 2.05) is 23.6 Å². The first-order valence-corrected chi connectivity index (χ1v) is 7.48. The zero-order valence-corrected chi connectivity index (χ0v) is 12.6. The summed E-state index contributed by atoms with van der Waals surface area (Å²) in [6.07, 6.45) is 1.19. The molecule has 3 heterocycles. The number of hydrogen-bond donors (Lipinski definition) is 0. The molecular weight excluding hydrogens is 328 g/mol. The van der Waals surface area contributed by atoms with Gasteiger partial charge in [-0.25, -0.2) is 4.98 Å². The Morgan fingerprint density at radius 3 is 3.16 bits per heavy atom. The van der Waals surface area contributed by atoms with E-state index in [0.29, 0.717) is 18.1 Å². The number of fused-ring (bicyclic) bond motifs is 1. The van der Waals surface area contributed by atoms with E-state index in [9.17, 15) is 4.79 Å². The number of rotatable bonds is 2. The van der Waals surface area contributed by atoms with Gasteiger partial charge in [-0.15, -0.1) is 11.3 Å². The highest BCUT2D eigenvalue weighted by atomic mass is 79.9. The molecule has 98 valence electrons. The van der Waals surface area contributed by atoms with E-state index in [-0.39, 0.29) is 5.91 Å². The Morgan fingerprint density at radius 1 is 1.58 bits per heavy atom. The molecule has 3 rings (SSSR count). The predicted molar refractivity (Wildman–Crippen MR) is 77.5 cm³/mol. The largest absolute Gasteiger partial charge is 0.477 e. The number of halogens is 1. The number of carbonyl (C=O) groups is 1. The van der Waals surface area contributed by atoms with Crippen molar-refractivity contribution >= 4 is 39.0 Å². The van der Waals surface area contributed by atoms with Crippen LogP contribution >= 0.6 is 27.3 Å². The second kappa shape index (κ2) is 4.94. The van der Waals surface area contributed by atoms with Crippen LogP contribution in [0.5, 0.6) is 5.75 Å². The number of nitrogens with zero attached hydrogens (tertiary/aromatic N) is 2. The highest BCUT2D eigenvalue weighted by molar-refractivity contribution is 9.10. The van der Waals surface area contributed by atoms with Gasteiger partial charge in [-0.05, 0) is 40.4 Å². The lowest BCUT2D eigenvalue weighted by Crippen LogP contribution is -2.44. The zero-order chi connectivity index (χ0) is 13.4. The number of hydrogen-bond acceptors (Lipinski definition) is 4. The number of ether oxygens (including phenoxy) is 1. The van der Waals surface area contributed by atoms with Crippen molar-refractivity contribution in [3.05, 3.63) is 39.1 Å². The number of aromatic nitrogens is 1. The fourth-order valence-electron chi connectivity index (χ4n) is 1.98. The molecule has 0 radical (unpaired) electrons. The molecule has 6 heteroatoms. The van der Waals surface area contributed by atoms with Crippen LogP contribution in [0.1, 0.15) is 11.8 Å². The van der Waals surface area contributed by atoms with Gasteiger partial charge in [-0.2, -0.15) is 0 Å². The number of pyridine rings is 1. The average molecular weight is 339 g/mol. The van der Waals surface area contributed by atoms with E-state index in [1.54, 1.807) is 29.4 Å². The van der Waals surface area contributed by atoms with Crippen LogP contribution in [-0.4, -0.2) is 17.0 Å². The van der Waals surface area contributed by atoms with Crippen LogP contribution in [0.25, 0.3) is 0 Å². The summed E-state index contributed by atoms with van der Waals surface area (Å²) in [5, 5.41) is 2.00. The molecule has 1 amide bonds. The molecular formula is C13H11BrN2O2S. The molecule has 4 nitrogen and oxygen atoms in total. The van der Waals surface area contributed by atoms with Gasteiger partial charge in [0.1, 0.15) is 0 Å². The van der Waals surface area contributed by atoms with Crippen molar-refractivity contribution in [3.63, 3.8) is 0 Å². The maximum atomic E-state index is 12.3. The molecule has 0 aromatic carbocycles. The van der Waals surface area contributed by atoms with Gasteiger partial charge < -0.3 is 4.74 Å². The third kappa shape index (κ3) is 2.37. The lowest BCUT2D eigenvalue weighted by molar-refractivity contribution is -0.125. The first-order valence-electron chi connectivity index (χ1n) is 5.81. The normalized spacial score (nSPS) is 18.1. The summed E-state index contributed by atoms with van der Waals surface area (Å²) in [6.45, 7) is 2.29. The van der Waals surface area contributed by atoms with Crippen molar-refractivity contribution in [2.75, 3.05) is 4.90 Å². The molecule has 1 aliphatic rings. The second-order valence-electron chi connectivity index (χ2n) is 4.24. The van der Waals surface area contributed by atoms with Crippen molar-refractivity contribution in [3.8, 4) is 5.75 Å². The Hall–Kier alpha value is -1.40. The minimum atomic E-state index is -0.483. The molecule has 1 unspecified atom stereocenters. The van der Waals surface area contributed by atoms with Crippen molar-refractivity contribution in [2.24, 2.45) is 0 Å². The maximum Gasteiger partial charge on any atom is 0.269 e. The van der Waals surface area contributed by atoms with Gasteiger partial charge >= 0.3 is 0 Å². The third-order valence-electron chi connectivity index (χ3n) is 2.87. The van der Waals surface area contributed by atoms with E-state index >= 15 is 0 Å². The molecule has 1 aliphatic heterocycles. The highest BCUT2D eigenvalue weighted by Gasteiger charge is 2.32. The Morgan fingerprint density at radius 2 is 2.42 bits per heavy atom. The first-order chi connectivity index (χ1) is 9.15. The summed E-state index contributed by atoms with van der Waals surface area (Å²) in [5.41, 5.74) is 0. The molecule has 19 heavy (non-hydrogen) atoms. The van der Waals surface area contributed by atoms with Gasteiger partial charge in [-0.3, -0.25) is 9.69 Å². The smallest absolute Gasteiger partial charge is 0.269 e. The van der Waals surface area contributed by atoms with Crippen LogP contribution in [0, 0.1) is 0 Å². The number of carbonyl (C=O) groups excluding carboxylic acids is 1. The van der Waals surface area contributed by atoms with Crippen LogP contribution in [0.3, 0.4) is 0 Å². The SMILES string of the molecule is CC1Oc2cc(Br)cnc2N(Cc2cccs2)C1=O. The Balaban J connectivity index is 2.00. The van der Waals surface area contributed by atoms with Gasteiger partial charge in [0.15, 0.2) is 17.7 Å². The summed E-state index contributed by atoms with van der Waals surface area (Å²) in [5.74, 6) is 1.16. The van der Waals surface area contributed by atoms with E-state index < -0.39 is 6.10 Å². The van der Waals surface area contributed by atoms with E-state index in [2.05, 4.69) is 20.9 Å². The van der Waals surface area contributed by atoms with Crippen molar-refractivity contribution < 1.29 is 9.53 Å². The van der Waals surface area contributed by atoms with Crippen molar-refractivity contribution in [1.29, 1.82) is 0 Å². The van der Waals surface area contributed by atoms with Crippen molar-refractivity contribution in [2.45, 2.75) is 19.6 Å². The number of anilines is 1. The van der Waals surface area contributed by atoms with Crippen LogP contribution in [0.15, 0.2) is 34.2 Å². The molecule has 0 bridgehead atoms. The molecule has 0 saturated heterocycles. The average Bonchev–Trinajstić information content (AvgIpc) is 2.87. The van der Waals surface area contributed by atoms with Crippen LogP contribution in [-0.2, 0) is 11.3 Å². The Kier molecular flexibility index (Phi) is 3.28. The first kappa shape index (κ1) is 12.6. The Labute approximate surface area is 123 Å². The minimum absolute atomic E-state index is 0.0595. The Bertz CT molecular complexity index is 615. The summed E-state index contributed by atoms with van der Waals surface area (Å²) < 4.78 is 6.43. The minimum Gasteiger partial charge on any atom is -0.477 e. The van der Waals surface area contributed by atoms with Crippen LogP contribution < -0.4 is 9.64 Å². The highest BCUT2D eigenvalue weighted by Crippen LogP contribution is 2.35. The molecule has 0 aliphatic carbocycles. The third-order valence-corrected chi connectivity index (χ3v) is 4.16. The molecule has 0 saturated carbocycles. The van der Waals surface area contributed by atoms with Gasteiger partial charge in [0.25, 0.3) is 5.91 Å². The lowest BCUT2D eigenvalue weighted by atomic mass is 10.2. The van der Waals surface area contributed by atoms with Crippen LogP contribution in [0.2, 0.25) is 0 Å². The lowest BCUT2D eigenvalue weighted by Gasteiger charge is -2.31. The van der Waals surface area contributed by atoms with Crippen LogP contribution in [0.4, 0.5) is 5.82 Å². The predicted octanol–water partition coefficient (Wildman–Crippen LogP) is 3.22. The van der Waals surface area contributed by atoms with Gasteiger partial charge in [-0.1, -0.05) is 6.07 Å². The standard InChI is InChI=1S/C13H11BrN2O2S/c1-8-13(17)16(7-10-3-2-4-19-10)12-11(18-8)5-9(14)6-15-12/h2-6,8H,7H2,1H3. The second-order valence-corrected chi connectivity index (χ2v) is 6.19. The summed E-state index contributed by atoms with van der Waals surface area (Å²) in [6, 6.07) is 5.83. The molecule has 0 spiro atoms. The topological polar surface area (TPSA) is 42.4 Å². The van der Waals surface area contributed by atoms with E-state index in [4.69, 9.17) is 4.74 Å². The summed E-state index contributed by atoms with van der Waals surface area (Å²) >= 11 is 4.99. The maximum absolute atomic E-state index is 12.3. The summed E-state index contributed by atoms with van der Waals surface area (Å²) in [7, 11) is 0. The molecule has 1 atom stereocenters. The fourth-order valence-corrected chi connectivity index (χ4v) is 2.98. The quantitative estimate of drug-likeness (QED) is 0.844. The van der Waals surface area contributed by atoms with E-state index in [0.717, 1.165) is 9.35 Å². The molecule has 2 aromatic rings. The zero-order valence-electron chi connectivity index (χ0n) is 10.2. The number of amides is 1.